The smallest absolute Gasteiger partial charge is 0.240 e. The number of fused-ring (bicyclic) bond motifs is 1. The number of sulfone groups is 1. The predicted octanol–water partition coefficient (Wildman–Crippen LogP) is 3.48. The van der Waals surface area contributed by atoms with Crippen molar-refractivity contribution in [3.63, 3.8) is 0 Å². The average Bonchev–Trinajstić information content (AvgIpc) is 2.97. The summed E-state index contributed by atoms with van der Waals surface area (Å²) in [5, 5.41) is 3.12. The zero-order chi connectivity index (χ0) is 21.0. The van der Waals surface area contributed by atoms with Gasteiger partial charge in [0.25, 0.3) is 0 Å². The molecule has 29 heavy (non-hydrogen) atoms. The number of carbonyl (C=O) groups excluding carboxylic acids is 1. The van der Waals surface area contributed by atoms with Gasteiger partial charge in [0.2, 0.25) is 5.91 Å². The molecule has 1 unspecified atom stereocenters. The van der Waals surface area contributed by atoms with E-state index in [1.165, 1.54) is 6.26 Å². The van der Waals surface area contributed by atoms with Crippen molar-refractivity contribution in [1.82, 2.24) is 14.9 Å². The maximum atomic E-state index is 12.9. The Morgan fingerprint density at radius 1 is 1.07 bits per heavy atom. The highest BCUT2D eigenvalue weighted by Crippen LogP contribution is 2.22. The Hall–Kier alpha value is -2.67. The maximum absolute atomic E-state index is 12.9. The number of hydrogen-bond donors (Lipinski definition) is 1. The van der Waals surface area contributed by atoms with E-state index in [-0.39, 0.29) is 24.2 Å². The van der Waals surface area contributed by atoms with Gasteiger partial charge in [-0.1, -0.05) is 56.3 Å². The highest BCUT2D eigenvalue weighted by molar-refractivity contribution is 7.89. The third-order valence-electron chi connectivity index (χ3n) is 4.67. The first-order valence-electron chi connectivity index (χ1n) is 9.69. The van der Waals surface area contributed by atoms with Crippen molar-refractivity contribution in [3.8, 4) is 0 Å². The minimum atomic E-state index is -3.28. The molecule has 0 aliphatic rings. The summed E-state index contributed by atoms with van der Waals surface area (Å²) in [7, 11) is -3.28. The van der Waals surface area contributed by atoms with Crippen LogP contribution in [-0.2, 0) is 26.9 Å². The molecule has 0 radical (unpaired) electrons. The van der Waals surface area contributed by atoms with Crippen molar-refractivity contribution < 1.29 is 13.2 Å². The van der Waals surface area contributed by atoms with Crippen LogP contribution < -0.4 is 5.32 Å². The third kappa shape index (κ3) is 5.67. The molecule has 1 amide bonds. The number of hydrogen-bond acceptors (Lipinski definition) is 4. The second-order valence-corrected chi connectivity index (χ2v) is 9.97. The van der Waals surface area contributed by atoms with Crippen LogP contribution in [0.15, 0.2) is 54.6 Å². The van der Waals surface area contributed by atoms with Gasteiger partial charge >= 0.3 is 0 Å². The summed E-state index contributed by atoms with van der Waals surface area (Å²) in [4.78, 5) is 17.4. The lowest BCUT2D eigenvalue weighted by molar-refractivity contribution is -0.122. The Bertz CT molecular complexity index is 1090. The molecule has 1 aromatic heterocycles. The van der Waals surface area contributed by atoms with Gasteiger partial charge < -0.3 is 9.88 Å². The maximum Gasteiger partial charge on any atom is 0.240 e. The van der Waals surface area contributed by atoms with Crippen LogP contribution >= 0.6 is 0 Å². The standard InChI is InChI=1S/C22H27N3O3S/c1-16(2)13-19(17-9-5-4-6-10-17)24-22(26)14-25-20-12-8-7-11-18(20)23-21(25)15-29(3,27)28/h4-12,16,19H,13-15H2,1-3H3,(H,24,26). The molecule has 3 aromatic rings. The Labute approximate surface area is 171 Å². The highest BCUT2D eigenvalue weighted by atomic mass is 32.2. The minimum absolute atomic E-state index is 0.0206. The Morgan fingerprint density at radius 2 is 1.72 bits per heavy atom. The van der Waals surface area contributed by atoms with E-state index in [9.17, 15) is 13.2 Å². The van der Waals surface area contributed by atoms with Crippen molar-refractivity contribution in [3.05, 3.63) is 66.0 Å². The molecule has 0 saturated carbocycles. The fourth-order valence-electron chi connectivity index (χ4n) is 3.47. The lowest BCUT2D eigenvalue weighted by atomic mass is 9.97. The molecular formula is C22H27N3O3S. The zero-order valence-corrected chi connectivity index (χ0v) is 17.8. The summed E-state index contributed by atoms with van der Waals surface area (Å²) in [5.74, 6) is 0.417. The van der Waals surface area contributed by atoms with Crippen LogP contribution in [0.1, 0.15) is 37.7 Å². The molecule has 3 rings (SSSR count). The summed E-state index contributed by atoms with van der Waals surface area (Å²) >= 11 is 0. The first kappa shape index (κ1) is 21.0. The van der Waals surface area contributed by atoms with Crippen molar-refractivity contribution >= 4 is 26.8 Å². The summed E-state index contributed by atoms with van der Waals surface area (Å²) in [6.07, 6.45) is 1.99. The van der Waals surface area contributed by atoms with E-state index in [0.29, 0.717) is 17.3 Å². The van der Waals surface area contributed by atoms with Crippen LogP contribution in [0, 0.1) is 5.92 Å². The van der Waals surface area contributed by atoms with Gasteiger partial charge in [-0.05, 0) is 30.0 Å². The summed E-state index contributed by atoms with van der Waals surface area (Å²) in [6, 6.07) is 17.2. The van der Waals surface area contributed by atoms with Crippen molar-refractivity contribution in [1.29, 1.82) is 0 Å². The summed E-state index contributed by atoms with van der Waals surface area (Å²) in [5.41, 5.74) is 2.49. The Morgan fingerprint density at radius 3 is 2.38 bits per heavy atom. The number of nitrogens with one attached hydrogen (secondary N) is 1. The molecule has 1 heterocycles. The number of amides is 1. The van der Waals surface area contributed by atoms with Gasteiger partial charge in [0.15, 0.2) is 9.84 Å². The lowest BCUT2D eigenvalue weighted by Crippen LogP contribution is -2.33. The Balaban J connectivity index is 1.87. The van der Waals surface area contributed by atoms with Crippen LogP contribution in [0.25, 0.3) is 11.0 Å². The highest BCUT2D eigenvalue weighted by Gasteiger charge is 2.20. The van der Waals surface area contributed by atoms with Crippen molar-refractivity contribution in [2.75, 3.05) is 6.26 Å². The zero-order valence-electron chi connectivity index (χ0n) is 17.0. The fraction of sp³-hybridized carbons (Fsp3) is 0.364. The molecule has 7 heteroatoms. The number of aromatic nitrogens is 2. The second-order valence-electron chi connectivity index (χ2n) is 7.83. The molecule has 2 aromatic carbocycles. The molecule has 1 atom stereocenters. The lowest BCUT2D eigenvalue weighted by Gasteiger charge is -2.21. The fourth-order valence-corrected chi connectivity index (χ4v) is 4.15. The SMILES string of the molecule is CC(C)CC(NC(=O)Cn1c(CS(C)(=O)=O)nc2ccccc21)c1ccccc1. The van der Waals surface area contributed by atoms with Gasteiger partial charge in [-0.2, -0.15) is 0 Å². The van der Waals surface area contributed by atoms with Crippen LogP contribution in [-0.4, -0.2) is 30.1 Å². The minimum Gasteiger partial charge on any atom is -0.348 e. The molecule has 0 aliphatic heterocycles. The van der Waals surface area contributed by atoms with E-state index in [1.54, 1.807) is 4.57 Å². The third-order valence-corrected chi connectivity index (χ3v) is 5.45. The molecule has 0 fully saturated rings. The summed E-state index contributed by atoms with van der Waals surface area (Å²) < 4.78 is 25.4. The average molecular weight is 414 g/mol. The number of rotatable bonds is 8. The topological polar surface area (TPSA) is 81.1 Å². The number of imidazole rings is 1. The molecule has 0 saturated heterocycles. The van der Waals surface area contributed by atoms with E-state index in [1.807, 2.05) is 54.6 Å². The second kappa shape index (κ2) is 8.78. The van der Waals surface area contributed by atoms with Gasteiger partial charge in [-0.25, -0.2) is 13.4 Å². The predicted molar refractivity (Wildman–Crippen MR) is 115 cm³/mol. The van der Waals surface area contributed by atoms with E-state index >= 15 is 0 Å². The van der Waals surface area contributed by atoms with E-state index in [0.717, 1.165) is 17.5 Å². The first-order valence-corrected chi connectivity index (χ1v) is 11.7. The number of carbonyl (C=O) groups is 1. The van der Waals surface area contributed by atoms with Crippen LogP contribution in [0.3, 0.4) is 0 Å². The van der Waals surface area contributed by atoms with Gasteiger partial charge in [0.1, 0.15) is 18.1 Å². The molecular weight excluding hydrogens is 386 g/mol. The molecule has 6 nitrogen and oxygen atoms in total. The summed E-state index contributed by atoms with van der Waals surface area (Å²) in [6.45, 7) is 4.26. The molecule has 0 spiro atoms. The van der Waals surface area contributed by atoms with Crippen LogP contribution in [0.5, 0.6) is 0 Å². The van der Waals surface area contributed by atoms with Gasteiger partial charge in [0, 0.05) is 6.26 Å². The molecule has 0 bridgehead atoms. The number of para-hydroxylation sites is 2. The largest absolute Gasteiger partial charge is 0.348 e. The first-order chi connectivity index (χ1) is 13.7. The van der Waals surface area contributed by atoms with Gasteiger partial charge in [0.05, 0.1) is 17.1 Å². The van der Waals surface area contributed by atoms with Crippen LogP contribution in [0.2, 0.25) is 0 Å². The normalized spacial score (nSPS) is 13.0. The van der Waals surface area contributed by atoms with Crippen molar-refractivity contribution in [2.45, 2.75) is 38.6 Å². The monoisotopic (exact) mass is 413 g/mol. The van der Waals surface area contributed by atoms with E-state index in [2.05, 4.69) is 24.1 Å². The molecule has 1 N–H and O–H groups in total. The van der Waals surface area contributed by atoms with Gasteiger partial charge in [-0.15, -0.1) is 0 Å². The Kier molecular flexibility index (Phi) is 6.37. The quantitative estimate of drug-likeness (QED) is 0.613. The molecule has 154 valence electrons. The number of nitrogens with zero attached hydrogens (tertiary/aromatic N) is 2. The molecule has 0 aliphatic carbocycles. The van der Waals surface area contributed by atoms with E-state index in [4.69, 9.17) is 0 Å². The number of benzene rings is 2. The van der Waals surface area contributed by atoms with Crippen molar-refractivity contribution in [2.24, 2.45) is 5.92 Å². The van der Waals surface area contributed by atoms with E-state index < -0.39 is 9.84 Å². The van der Waals surface area contributed by atoms with Gasteiger partial charge in [-0.3, -0.25) is 4.79 Å². The van der Waals surface area contributed by atoms with Crippen LogP contribution in [0.4, 0.5) is 0 Å².